The molecule has 0 fully saturated rings. The number of amides is 2. The molecule has 0 unspecified atom stereocenters. The highest BCUT2D eigenvalue weighted by Crippen LogP contribution is 2.21. The number of likely N-dealkylation sites (N-methyl/N-ethyl adjacent to an activating group) is 2. The van der Waals surface area contributed by atoms with Gasteiger partial charge in [-0.3, -0.25) is 14.5 Å². The van der Waals surface area contributed by atoms with Crippen molar-refractivity contribution in [3.05, 3.63) is 41.1 Å². The molecular formula is C19H26ClN3O2. The highest BCUT2D eigenvalue weighted by Gasteiger charge is 2.20. The zero-order valence-corrected chi connectivity index (χ0v) is 15.7. The minimum absolute atomic E-state index is 0.0358. The zero-order valence-electron chi connectivity index (χ0n) is 14.9. The highest BCUT2D eigenvalue weighted by molar-refractivity contribution is 6.30. The van der Waals surface area contributed by atoms with Gasteiger partial charge in [-0.05, 0) is 57.9 Å². The summed E-state index contributed by atoms with van der Waals surface area (Å²) in [6, 6.07) is 7.01. The standard InChI is InChI=1S/C19H26ClN3O2/c1-3-23(17-10-5-4-6-11-17)19(25)14-22(2)13-18(24)21-16-9-7-8-15(20)12-16/h7-10,12H,3-6,11,13-14H2,1-2H3,(H,21,24). The number of anilines is 1. The first-order valence-electron chi connectivity index (χ1n) is 8.73. The summed E-state index contributed by atoms with van der Waals surface area (Å²) in [5.41, 5.74) is 1.77. The maximum Gasteiger partial charge on any atom is 0.240 e. The van der Waals surface area contributed by atoms with E-state index in [1.807, 2.05) is 11.8 Å². The van der Waals surface area contributed by atoms with Crippen molar-refractivity contribution in [3.8, 4) is 0 Å². The van der Waals surface area contributed by atoms with Crippen LogP contribution in [0.2, 0.25) is 5.02 Å². The molecule has 6 heteroatoms. The summed E-state index contributed by atoms with van der Waals surface area (Å²) in [6.45, 7) is 3.01. The zero-order chi connectivity index (χ0) is 18.2. The molecule has 2 rings (SSSR count). The molecule has 1 aromatic carbocycles. The van der Waals surface area contributed by atoms with Crippen LogP contribution in [0.1, 0.15) is 32.6 Å². The Hall–Kier alpha value is -1.85. The second-order valence-corrected chi connectivity index (χ2v) is 6.75. The van der Waals surface area contributed by atoms with Gasteiger partial charge in [0.15, 0.2) is 0 Å². The summed E-state index contributed by atoms with van der Waals surface area (Å²) < 4.78 is 0. The monoisotopic (exact) mass is 363 g/mol. The van der Waals surface area contributed by atoms with E-state index in [1.54, 1.807) is 36.2 Å². The molecule has 0 aliphatic heterocycles. The smallest absolute Gasteiger partial charge is 0.240 e. The van der Waals surface area contributed by atoms with E-state index < -0.39 is 0 Å². The molecule has 1 aliphatic rings. The first-order valence-corrected chi connectivity index (χ1v) is 9.10. The molecule has 0 radical (unpaired) electrons. The highest BCUT2D eigenvalue weighted by atomic mass is 35.5. The third kappa shape index (κ3) is 6.18. The lowest BCUT2D eigenvalue weighted by Crippen LogP contribution is -2.41. The lowest BCUT2D eigenvalue weighted by Gasteiger charge is -2.28. The predicted octanol–water partition coefficient (Wildman–Crippen LogP) is 3.52. The predicted molar refractivity (Wildman–Crippen MR) is 102 cm³/mol. The molecule has 136 valence electrons. The summed E-state index contributed by atoms with van der Waals surface area (Å²) in [5.74, 6) is -0.133. The van der Waals surface area contributed by atoms with E-state index in [9.17, 15) is 9.59 Å². The van der Waals surface area contributed by atoms with E-state index in [-0.39, 0.29) is 24.9 Å². The van der Waals surface area contributed by atoms with E-state index in [4.69, 9.17) is 11.6 Å². The molecule has 0 bridgehead atoms. The van der Waals surface area contributed by atoms with Crippen LogP contribution in [0.5, 0.6) is 0 Å². The maximum absolute atomic E-state index is 12.6. The number of hydrogen-bond donors (Lipinski definition) is 1. The van der Waals surface area contributed by atoms with Crippen molar-refractivity contribution in [1.82, 2.24) is 9.80 Å². The van der Waals surface area contributed by atoms with Gasteiger partial charge in [0.2, 0.25) is 11.8 Å². The Balaban J connectivity index is 1.85. The van der Waals surface area contributed by atoms with Gasteiger partial charge in [-0.15, -0.1) is 0 Å². The summed E-state index contributed by atoms with van der Waals surface area (Å²) in [4.78, 5) is 28.3. The number of nitrogens with zero attached hydrogens (tertiary/aromatic N) is 2. The van der Waals surface area contributed by atoms with Crippen LogP contribution in [0.3, 0.4) is 0 Å². The quantitative estimate of drug-likeness (QED) is 0.806. The SMILES string of the molecule is CCN(C(=O)CN(C)CC(=O)Nc1cccc(Cl)c1)C1=CCCCC1. The molecule has 2 amide bonds. The molecule has 25 heavy (non-hydrogen) atoms. The van der Waals surface area contributed by atoms with Crippen molar-refractivity contribution in [2.45, 2.75) is 32.6 Å². The number of allylic oxidation sites excluding steroid dienone is 2. The molecule has 0 aromatic heterocycles. The number of halogens is 1. The van der Waals surface area contributed by atoms with E-state index >= 15 is 0 Å². The second-order valence-electron chi connectivity index (χ2n) is 6.31. The van der Waals surface area contributed by atoms with Crippen molar-refractivity contribution < 1.29 is 9.59 Å². The Bertz CT molecular complexity index is 645. The van der Waals surface area contributed by atoms with E-state index in [0.29, 0.717) is 17.3 Å². The number of nitrogens with one attached hydrogen (secondary N) is 1. The first kappa shape index (κ1) is 19.5. The third-order valence-corrected chi connectivity index (χ3v) is 4.39. The van der Waals surface area contributed by atoms with Gasteiger partial charge in [-0.25, -0.2) is 0 Å². The van der Waals surface area contributed by atoms with Crippen molar-refractivity contribution in [2.75, 3.05) is 32.0 Å². The summed E-state index contributed by atoms with van der Waals surface area (Å²) >= 11 is 5.91. The van der Waals surface area contributed by atoms with Crippen molar-refractivity contribution in [3.63, 3.8) is 0 Å². The largest absolute Gasteiger partial charge is 0.325 e. The van der Waals surface area contributed by atoms with Gasteiger partial charge in [0.1, 0.15) is 0 Å². The molecule has 0 saturated heterocycles. The average Bonchev–Trinajstić information content (AvgIpc) is 2.56. The number of carbonyl (C=O) groups is 2. The molecule has 0 atom stereocenters. The first-order chi connectivity index (χ1) is 12.0. The summed E-state index contributed by atoms with van der Waals surface area (Å²) in [6.07, 6.45) is 6.48. The van der Waals surface area contributed by atoms with Crippen molar-refractivity contribution >= 4 is 29.1 Å². The normalized spacial score (nSPS) is 14.2. The molecule has 1 aromatic rings. The van der Waals surface area contributed by atoms with Gasteiger partial charge in [0.25, 0.3) is 0 Å². The maximum atomic E-state index is 12.6. The average molecular weight is 364 g/mol. The Morgan fingerprint density at radius 3 is 2.68 bits per heavy atom. The molecular weight excluding hydrogens is 338 g/mol. The summed E-state index contributed by atoms with van der Waals surface area (Å²) in [5, 5.41) is 3.36. The van der Waals surface area contributed by atoms with Gasteiger partial charge < -0.3 is 10.2 Å². The van der Waals surface area contributed by atoms with Crippen LogP contribution in [0, 0.1) is 0 Å². The minimum atomic E-state index is -0.169. The Morgan fingerprint density at radius 2 is 2.04 bits per heavy atom. The fraction of sp³-hybridized carbons (Fsp3) is 0.474. The van der Waals surface area contributed by atoms with Crippen molar-refractivity contribution in [2.24, 2.45) is 0 Å². The fourth-order valence-corrected chi connectivity index (χ4v) is 3.18. The third-order valence-electron chi connectivity index (χ3n) is 4.16. The Labute approximate surface area is 154 Å². The number of hydrogen-bond acceptors (Lipinski definition) is 3. The van der Waals surface area contributed by atoms with Crippen LogP contribution in [0.4, 0.5) is 5.69 Å². The van der Waals surface area contributed by atoms with E-state index in [2.05, 4.69) is 11.4 Å². The van der Waals surface area contributed by atoms with Crippen molar-refractivity contribution in [1.29, 1.82) is 0 Å². The Morgan fingerprint density at radius 1 is 1.24 bits per heavy atom. The van der Waals surface area contributed by atoms with E-state index in [0.717, 1.165) is 25.0 Å². The molecule has 0 heterocycles. The van der Waals surface area contributed by atoms with Gasteiger partial charge in [0, 0.05) is 23.0 Å². The van der Waals surface area contributed by atoms with Crippen LogP contribution in [0.25, 0.3) is 0 Å². The minimum Gasteiger partial charge on any atom is -0.325 e. The number of rotatable bonds is 7. The Kier molecular flexibility index (Phi) is 7.47. The van der Waals surface area contributed by atoms with E-state index in [1.165, 1.54) is 6.42 Å². The van der Waals surface area contributed by atoms with Gasteiger partial charge in [0.05, 0.1) is 13.1 Å². The lowest BCUT2D eigenvalue weighted by molar-refractivity contribution is -0.130. The summed E-state index contributed by atoms with van der Waals surface area (Å²) in [7, 11) is 1.78. The molecule has 0 saturated carbocycles. The number of benzene rings is 1. The topological polar surface area (TPSA) is 52.7 Å². The van der Waals surface area contributed by atoms with Gasteiger partial charge in [-0.2, -0.15) is 0 Å². The molecule has 5 nitrogen and oxygen atoms in total. The fourth-order valence-electron chi connectivity index (χ4n) is 2.99. The molecule has 1 aliphatic carbocycles. The van der Waals surface area contributed by atoms with Gasteiger partial charge in [-0.1, -0.05) is 23.7 Å². The second kappa shape index (κ2) is 9.59. The van der Waals surface area contributed by atoms with Crippen LogP contribution < -0.4 is 5.32 Å². The van der Waals surface area contributed by atoms with Crippen LogP contribution in [-0.4, -0.2) is 48.3 Å². The molecule has 0 spiro atoms. The number of carbonyl (C=O) groups excluding carboxylic acids is 2. The van der Waals surface area contributed by atoms with Gasteiger partial charge >= 0.3 is 0 Å². The molecule has 1 N–H and O–H groups in total. The van der Waals surface area contributed by atoms with Crippen LogP contribution in [0.15, 0.2) is 36.0 Å². The van der Waals surface area contributed by atoms with Crippen LogP contribution >= 0.6 is 11.6 Å². The van der Waals surface area contributed by atoms with Crippen LogP contribution in [-0.2, 0) is 9.59 Å². The lowest BCUT2D eigenvalue weighted by atomic mass is 10.0.